The zero-order valence-corrected chi connectivity index (χ0v) is 16.4. The van der Waals surface area contributed by atoms with Crippen LogP contribution in [0.5, 0.6) is 5.75 Å². The fraction of sp³-hybridized carbons (Fsp3) is 0.150. The zero-order chi connectivity index (χ0) is 19.5. The summed E-state index contributed by atoms with van der Waals surface area (Å²) >= 11 is 3.38. The summed E-state index contributed by atoms with van der Waals surface area (Å²) in [6, 6.07) is 16.9. The van der Waals surface area contributed by atoms with Gasteiger partial charge in [0.2, 0.25) is 5.91 Å². The minimum atomic E-state index is -0.307. The van der Waals surface area contributed by atoms with Gasteiger partial charge >= 0.3 is 0 Å². The van der Waals surface area contributed by atoms with Crippen LogP contribution in [0.1, 0.15) is 5.56 Å². The molecule has 1 aromatic heterocycles. The Labute approximate surface area is 170 Å². The molecule has 4 rings (SSSR count). The molecule has 2 amide bonds. The van der Waals surface area contributed by atoms with Gasteiger partial charge < -0.3 is 10.1 Å². The lowest BCUT2D eigenvalue weighted by molar-refractivity contribution is -0.123. The standard InChI is InChI=1S/C20H17BrN4O3/c21-15-6-7-16-17(10-15)28-13-20(27)24(16)12-19(26)23-18-8-9-22-25(18)11-14-4-2-1-3-5-14/h1-10H,11-13H2,(H,23,26). The van der Waals surface area contributed by atoms with Crippen LogP contribution in [0, 0.1) is 0 Å². The Morgan fingerprint density at radius 2 is 2.00 bits per heavy atom. The number of hydrogen-bond acceptors (Lipinski definition) is 4. The van der Waals surface area contributed by atoms with E-state index in [1.807, 2.05) is 30.3 Å². The van der Waals surface area contributed by atoms with Crippen molar-refractivity contribution in [2.75, 3.05) is 23.4 Å². The van der Waals surface area contributed by atoms with Gasteiger partial charge in [-0.15, -0.1) is 0 Å². The van der Waals surface area contributed by atoms with Gasteiger partial charge in [-0.05, 0) is 23.8 Å². The third-order valence-corrected chi connectivity index (χ3v) is 4.82. The Bertz CT molecular complexity index is 1020. The first-order valence-corrected chi connectivity index (χ1v) is 9.48. The quantitative estimate of drug-likeness (QED) is 0.661. The van der Waals surface area contributed by atoms with Gasteiger partial charge in [-0.3, -0.25) is 14.5 Å². The second-order valence-electron chi connectivity index (χ2n) is 6.29. The normalized spacial score (nSPS) is 13.0. The highest BCUT2D eigenvalue weighted by Gasteiger charge is 2.27. The second kappa shape index (κ2) is 7.85. The van der Waals surface area contributed by atoms with Crippen LogP contribution in [0.4, 0.5) is 11.5 Å². The summed E-state index contributed by atoms with van der Waals surface area (Å²) in [5, 5.41) is 7.11. The fourth-order valence-electron chi connectivity index (χ4n) is 3.00. The highest BCUT2D eigenvalue weighted by molar-refractivity contribution is 9.10. The first kappa shape index (κ1) is 18.2. The van der Waals surface area contributed by atoms with Crippen LogP contribution in [0.25, 0.3) is 0 Å². The third kappa shape index (κ3) is 3.91. The molecule has 1 aliphatic heterocycles. The number of anilines is 2. The zero-order valence-electron chi connectivity index (χ0n) is 14.8. The molecule has 2 heterocycles. The number of aromatic nitrogens is 2. The summed E-state index contributed by atoms with van der Waals surface area (Å²) in [7, 11) is 0. The smallest absolute Gasteiger partial charge is 0.265 e. The van der Waals surface area contributed by atoms with Gasteiger partial charge in [0, 0.05) is 10.5 Å². The monoisotopic (exact) mass is 440 g/mol. The first-order chi connectivity index (χ1) is 13.6. The molecule has 142 valence electrons. The third-order valence-electron chi connectivity index (χ3n) is 4.33. The van der Waals surface area contributed by atoms with Crippen molar-refractivity contribution in [2.45, 2.75) is 6.54 Å². The minimum absolute atomic E-state index is 0.0946. The molecular weight excluding hydrogens is 424 g/mol. The van der Waals surface area contributed by atoms with Crippen LogP contribution >= 0.6 is 15.9 Å². The molecule has 0 atom stereocenters. The molecule has 1 N–H and O–H groups in total. The molecule has 0 saturated carbocycles. The van der Waals surface area contributed by atoms with Gasteiger partial charge in [-0.2, -0.15) is 5.10 Å². The van der Waals surface area contributed by atoms with Gasteiger partial charge in [0.25, 0.3) is 5.91 Å². The SMILES string of the molecule is O=C(CN1C(=O)COc2cc(Br)ccc21)Nc1ccnn1Cc1ccccc1. The number of amides is 2. The molecule has 0 saturated heterocycles. The fourth-order valence-corrected chi connectivity index (χ4v) is 3.34. The molecule has 8 heteroatoms. The largest absolute Gasteiger partial charge is 0.482 e. The number of ether oxygens (including phenoxy) is 1. The number of benzene rings is 2. The van der Waals surface area contributed by atoms with E-state index in [0.29, 0.717) is 23.8 Å². The van der Waals surface area contributed by atoms with Crippen LogP contribution in [0.2, 0.25) is 0 Å². The van der Waals surface area contributed by atoms with Crippen LogP contribution in [-0.4, -0.2) is 34.7 Å². The van der Waals surface area contributed by atoms with Crippen molar-refractivity contribution in [1.29, 1.82) is 0 Å². The number of halogens is 1. The summed E-state index contributed by atoms with van der Waals surface area (Å²) in [4.78, 5) is 26.3. The van der Waals surface area contributed by atoms with Gasteiger partial charge in [0.15, 0.2) is 6.61 Å². The summed E-state index contributed by atoms with van der Waals surface area (Å²) in [6.07, 6.45) is 1.63. The molecule has 28 heavy (non-hydrogen) atoms. The van der Waals surface area contributed by atoms with E-state index in [9.17, 15) is 9.59 Å². The maximum atomic E-state index is 12.6. The molecule has 3 aromatic rings. The molecule has 7 nitrogen and oxygen atoms in total. The molecule has 0 unspecified atom stereocenters. The van der Waals surface area contributed by atoms with E-state index < -0.39 is 0 Å². The summed E-state index contributed by atoms with van der Waals surface area (Å²) in [6.45, 7) is 0.340. The molecule has 2 aromatic carbocycles. The molecule has 0 radical (unpaired) electrons. The number of carbonyl (C=O) groups excluding carboxylic acids is 2. The molecule has 0 aliphatic carbocycles. The van der Waals surface area contributed by atoms with Crippen LogP contribution in [-0.2, 0) is 16.1 Å². The molecule has 1 aliphatic rings. The van der Waals surface area contributed by atoms with E-state index in [4.69, 9.17) is 4.74 Å². The Morgan fingerprint density at radius 1 is 1.18 bits per heavy atom. The number of hydrogen-bond donors (Lipinski definition) is 1. The van der Waals surface area contributed by atoms with Crippen LogP contribution in [0.3, 0.4) is 0 Å². The van der Waals surface area contributed by atoms with Gasteiger partial charge in [-0.1, -0.05) is 46.3 Å². The Morgan fingerprint density at radius 3 is 2.82 bits per heavy atom. The van der Waals surface area contributed by atoms with E-state index in [-0.39, 0.29) is 25.0 Å². The molecule has 0 spiro atoms. The predicted octanol–water partition coefficient (Wildman–Crippen LogP) is 3.06. The van der Waals surface area contributed by atoms with Crippen molar-refractivity contribution in [2.24, 2.45) is 0 Å². The number of nitrogens with one attached hydrogen (secondary N) is 1. The minimum Gasteiger partial charge on any atom is -0.482 e. The topological polar surface area (TPSA) is 76.5 Å². The van der Waals surface area contributed by atoms with Gasteiger partial charge in [0.05, 0.1) is 18.4 Å². The molecule has 0 bridgehead atoms. The average molecular weight is 441 g/mol. The van der Waals surface area contributed by atoms with E-state index in [0.717, 1.165) is 10.0 Å². The average Bonchev–Trinajstić information content (AvgIpc) is 3.11. The van der Waals surface area contributed by atoms with Crippen molar-refractivity contribution in [3.8, 4) is 5.75 Å². The van der Waals surface area contributed by atoms with E-state index in [1.165, 1.54) is 4.90 Å². The number of fused-ring (bicyclic) bond motifs is 1. The van der Waals surface area contributed by atoms with Crippen molar-refractivity contribution in [3.05, 3.63) is 70.8 Å². The summed E-state index contributed by atoms with van der Waals surface area (Å²) in [5.41, 5.74) is 1.65. The highest BCUT2D eigenvalue weighted by Crippen LogP contribution is 2.34. The Hall–Kier alpha value is -3.13. The number of carbonyl (C=O) groups is 2. The van der Waals surface area contributed by atoms with E-state index in [1.54, 1.807) is 35.1 Å². The first-order valence-electron chi connectivity index (χ1n) is 8.68. The van der Waals surface area contributed by atoms with Crippen molar-refractivity contribution in [1.82, 2.24) is 9.78 Å². The lowest BCUT2D eigenvalue weighted by Crippen LogP contribution is -2.43. The predicted molar refractivity (Wildman–Crippen MR) is 108 cm³/mol. The maximum Gasteiger partial charge on any atom is 0.265 e. The van der Waals surface area contributed by atoms with Crippen molar-refractivity contribution >= 4 is 39.2 Å². The highest BCUT2D eigenvalue weighted by atomic mass is 79.9. The van der Waals surface area contributed by atoms with Crippen LogP contribution < -0.4 is 15.0 Å². The molecule has 0 fully saturated rings. The van der Waals surface area contributed by atoms with Gasteiger partial charge in [0.1, 0.15) is 18.1 Å². The lowest BCUT2D eigenvalue weighted by atomic mass is 10.2. The van der Waals surface area contributed by atoms with Crippen molar-refractivity contribution < 1.29 is 14.3 Å². The Kier molecular flexibility index (Phi) is 5.12. The van der Waals surface area contributed by atoms with E-state index in [2.05, 4.69) is 26.3 Å². The maximum absolute atomic E-state index is 12.6. The summed E-state index contributed by atoms with van der Waals surface area (Å²) < 4.78 is 8.00. The number of rotatable bonds is 5. The Balaban J connectivity index is 1.47. The summed E-state index contributed by atoms with van der Waals surface area (Å²) in [5.74, 6) is 0.572. The lowest BCUT2D eigenvalue weighted by Gasteiger charge is -2.29. The van der Waals surface area contributed by atoms with Gasteiger partial charge in [-0.25, -0.2) is 4.68 Å². The number of nitrogens with zero attached hydrogens (tertiary/aromatic N) is 3. The second-order valence-corrected chi connectivity index (χ2v) is 7.20. The van der Waals surface area contributed by atoms with Crippen molar-refractivity contribution in [3.63, 3.8) is 0 Å². The van der Waals surface area contributed by atoms with E-state index >= 15 is 0 Å². The van der Waals surface area contributed by atoms with Crippen LogP contribution in [0.15, 0.2) is 65.3 Å². The molecular formula is C20H17BrN4O3.